The highest BCUT2D eigenvalue weighted by molar-refractivity contribution is 9.10. The van der Waals surface area contributed by atoms with Gasteiger partial charge in [-0.2, -0.15) is 13.2 Å². The van der Waals surface area contributed by atoms with Gasteiger partial charge in [0.15, 0.2) is 11.5 Å². The topological polar surface area (TPSA) is 75.0 Å². The van der Waals surface area contributed by atoms with Crippen molar-refractivity contribution in [3.63, 3.8) is 0 Å². The SMILES string of the molecule is CCOc1ccccc1Oc1c(C(F)(F)F)oc2cc(OC(=O)c3ccc(Br)cc3)ccc2c1=O. The number of fused-ring (bicyclic) bond motifs is 1. The monoisotopic (exact) mass is 548 g/mol. The Kier molecular flexibility index (Phi) is 6.83. The van der Waals surface area contributed by atoms with Gasteiger partial charge in [0.2, 0.25) is 11.2 Å². The van der Waals surface area contributed by atoms with E-state index in [0.717, 1.165) is 10.5 Å². The molecule has 0 spiro atoms. The molecule has 1 heterocycles. The van der Waals surface area contributed by atoms with E-state index >= 15 is 0 Å². The molecular weight excluding hydrogens is 533 g/mol. The van der Waals surface area contributed by atoms with E-state index in [9.17, 15) is 22.8 Å². The summed E-state index contributed by atoms with van der Waals surface area (Å²) in [5, 5.41) is -0.190. The van der Waals surface area contributed by atoms with Crippen molar-refractivity contribution in [3.8, 4) is 23.0 Å². The minimum Gasteiger partial charge on any atom is -0.490 e. The number of hydrogen-bond acceptors (Lipinski definition) is 6. The first kappa shape index (κ1) is 24.3. The molecule has 1 aromatic heterocycles. The molecule has 0 N–H and O–H groups in total. The summed E-state index contributed by atoms with van der Waals surface area (Å²) in [4.78, 5) is 25.4. The van der Waals surface area contributed by atoms with Gasteiger partial charge in [0.25, 0.3) is 5.76 Å². The lowest BCUT2D eigenvalue weighted by atomic mass is 10.2. The number of para-hydroxylation sites is 2. The molecule has 35 heavy (non-hydrogen) atoms. The van der Waals surface area contributed by atoms with Gasteiger partial charge in [0, 0.05) is 10.5 Å². The fourth-order valence-electron chi connectivity index (χ4n) is 3.17. The number of alkyl halides is 3. The molecule has 0 saturated carbocycles. The van der Waals surface area contributed by atoms with Crippen molar-refractivity contribution in [1.82, 2.24) is 0 Å². The number of hydrogen-bond donors (Lipinski definition) is 0. The highest BCUT2D eigenvalue weighted by Crippen LogP contribution is 2.40. The number of ether oxygens (including phenoxy) is 3. The Morgan fingerprint density at radius 3 is 2.34 bits per heavy atom. The molecule has 180 valence electrons. The maximum atomic E-state index is 13.8. The second kappa shape index (κ2) is 9.83. The van der Waals surface area contributed by atoms with Crippen molar-refractivity contribution in [3.05, 3.63) is 92.7 Å². The Morgan fingerprint density at radius 2 is 1.69 bits per heavy atom. The summed E-state index contributed by atoms with van der Waals surface area (Å²) < 4.78 is 63.3. The molecular formula is C25H16BrF3O6. The van der Waals surface area contributed by atoms with Crippen molar-refractivity contribution in [1.29, 1.82) is 0 Å². The quantitative estimate of drug-likeness (QED) is 0.191. The molecule has 0 amide bonds. The molecule has 0 aliphatic rings. The molecule has 0 saturated heterocycles. The number of carbonyl (C=O) groups is 1. The van der Waals surface area contributed by atoms with Crippen LogP contribution < -0.4 is 19.6 Å². The molecule has 0 fully saturated rings. The number of carbonyl (C=O) groups excluding carboxylic acids is 1. The van der Waals surface area contributed by atoms with Crippen LogP contribution in [0.1, 0.15) is 23.0 Å². The fraction of sp³-hybridized carbons (Fsp3) is 0.120. The molecule has 0 atom stereocenters. The fourth-order valence-corrected chi connectivity index (χ4v) is 3.43. The highest BCUT2D eigenvalue weighted by atomic mass is 79.9. The van der Waals surface area contributed by atoms with E-state index in [1.807, 2.05) is 0 Å². The summed E-state index contributed by atoms with van der Waals surface area (Å²) in [5.41, 5.74) is -1.24. The van der Waals surface area contributed by atoms with Gasteiger partial charge in [-0.3, -0.25) is 4.79 Å². The summed E-state index contributed by atoms with van der Waals surface area (Å²) in [7, 11) is 0. The van der Waals surface area contributed by atoms with E-state index < -0.39 is 34.7 Å². The normalized spacial score (nSPS) is 11.3. The molecule has 3 aromatic carbocycles. The average molecular weight is 549 g/mol. The summed E-state index contributed by atoms with van der Waals surface area (Å²) in [6.07, 6.45) is -5.05. The zero-order valence-corrected chi connectivity index (χ0v) is 19.6. The van der Waals surface area contributed by atoms with E-state index in [0.29, 0.717) is 0 Å². The zero-order valence-electron chi connectivity index (χ0n) is 18.0. The van der Waals surface area contributed by atoms with E-state index in [-0.39, 0.29) is 34.8 Å². The Balaban J connectivity index is 1.75. The van der Waals surface area contributed by atoms with Crippen LogP contribution >= 0.6 is 15.9 Å². The average Bonchev–Trinajstić information content (AvgIpc) is 2.81. The number of esters is 1. The minimum absolute atomic E-state index is 0.0773. The second-order valence-corrected chi connectivity index (χ2v) is 8.04. The van der Waals surface area contributed by atoms with Gasteiger partial charge in [-0.15, -0.1) is 0 Å². The van der Waals surface area contributed by atoms with Crippen molar-refractivity contribution in [2.24, 2.45) is 0 Å². The molecule has 0 bridgehead atoms. The van der Waals surface area contributed by atoms with Gasteiger partial charge < -0.3 is 18.6 Å². The molecule has 4 rings (SSSR count). The van der Waals surface area contributed by atoms with Gasteiger partial charge in [-0.1, -0.05) is 28.1 Å². The molecule has 6 nitrogen and oxygen atoms in total. The Bertz CT molecular complexity index is 1440. The van der Waals surface area contributed by atoms with E-state index in [2.05, 4.69) is 15.9 Å². The van der Waals surface area contributed by atoms with Gasteiger partial charge in [0.1, 0.15) is 11.3 Å². The standard InChI is InChI=1S/C25H16BrF3O6/c1-2-32-18-5-3-4-6-19(18)34-22-21(30)17-12-11-16(13-20(17)35-23(22)25(27,28)29)33-24(31)14-7-9-15(26)10-8-14/h3-13H,2H2,1H3. The Morgan fingerprint density at radius 1 is 1.00 bits per heavy atom. The van der Waals surface area contributed by atoms with E-state index in [4.69, 9.17) is 18.6 Å². The second-order valence-electron chi connectivity index (χ2n) is 7.12. The third-order valence-corrected chi connectivity index (χ3v) is 5.26. The predicted octanol–water partition coefficient (Wildman–Crippen LogP) is 6.98. The van der Waals surface area contributed by atoms with Crippen LogP contribution in [-0.4, -0.2) is 12.6 Å². The number of benzene rings is 3. The smallest absolute Gasteiger partial charge is 0.453 e. The minimum atomic E-state index is -5.05. The lowest BCUT2D eigenvalue weighted by Crippen LogP contribution is -2.16. The number of halogens is 4. The van der Waals surface area contributed by atoms with Crippen molar-refractivity contribution in [2.45, 2.75) is 13.1 Å². The van der Waals surface area contributed by atoms with Gasteiger partial charge in [0.05, 0.1) is 17.6 Å². The summed E-state index contributed by atoms with van der Waals surface area (Å²) in [5.74, 6) is -3.40. The van der Waals surface area contributed by atoms with Gasteiger partial charge in [-0.25, -0.2) is 4.79 Å². The van der Waals surface area contributed by atoms with Crippen LogP contribution in [0.3, 0.4) is 0 Å². The van der Waals surface area contributed by atoms with Crippen LogP contribution in [0.25, 0.3) is 11.0 Å². The van der Waals surface area contributed by atoms with Gasteiger partial charge >= 0.3 is 12.1 Å². The maximum absolute atomic E-state index is 13.8. The van der Waals surface area contributed by atoms with Crippen LogP contribution in [0.2, 0.25) is 0 Å². The molecule has 0 aliphatic carbocycles. The molecule has 0 unspecified atom stereocenters. The highest BCUT2D eigenvalue weighted by Gasteiger charge is 2.40. The molecule has 10 heteroatoms. The van der Waals surface area contributed by atoms with E-state index in [1.54, 1.807) is 25.1 Å². The van der Waals surface area contributed by atoms with Crippen LogP contribution in [0.15, 0.2) is 80.4 Å². The largest absolute Gasteiger partial charge is 0.490 e. The Hall–Kier alpha value is -3.79. The van der Waals surface area contributed by atoms with Crippen molar-refractivity contribution in [2.75, 3.05) is 6.61 Å². The van der Waals surface area contributed by atoms with Crippen LogP contribution in [0, 0.1) is 0 Å². The third-order valence-electron chi connectivity index (χ3n) is 4.73. The number of rotatable bonds is 6. The third kappa shape index (κ3) is 5.32. The molecule has 4 aromatic rings. The van der Waals surface area contributed by atoms with Crippen molar-refractivity contribution < 1.29 is 36.6 Å². The molecule has 0 aliphatic heterocycles. The van der Waals surface area contributed by atoms with E-state index in [1.165, 1.54) is 42.5 Å². The zero-order chi connectivity index (χ0) is 25.2. The maximum Gasteiger partial charge on any atom is 0.453 e. The summed E-state index contributed by atoms with van der Waals surface area (Å²) in [6, 6.07) is 15.8. The van der Waals surface area contributed by atoms with Gasteiger partial charge in [-0.05, 0) is 55.5 Å². The van der Waals surface area contributed by atoms with Crippen molar-refractivity contribution >= 4 is 32.9 Å². The first-order valence-corrected chi connectivity index (χ1v) is 11.0. The Labute approximate surface area is 205 Å². The first-order chi connectivity index (χ1) is 16.7. The summed E-state index contributed by atoms with van der Waals surface area (Å²) in [6.45, 7) is 1.93. The molecule has 0 radical (unpaired) electrons. The summed E-state index contributed by atoms with van der Waals surface area (Å²) >= 11 is 3.25. The first-order valence-electron chi connectivity index (χ1n) is 10.2. The van der Waals surface area contributed by atoms with Crippen LogP contribution in [0.4, 0.5) is 13.2 Å². The van der Waals surface area contributed by atoms with Crippen LogP contribution in [-0.2, 0) is 6.18 Å². The lowest BCUT2D eigenvalue weighted by Gasteiger charge is -2.15. The lowest BCUT2D eigenvalue weighted by molar-refractivity contribution is -0.154. The van der Waals surface area contributed by atoms with Crippen LogP contribution in [0.5, 0.6) is 23.0 Å². The predicted molar refractivity (Wildman–Crippen MR) is 124 cm³/mol.